The Morgan fingerprint density at radius 1 is 1.02 bits per heavy atom. The van der Waals surface area contributed by atoms with Gasteiger partial charge in [-0.05, 0) is 78.1 Å². The number of nitrogens with two attached hydrogens (primary N) is 2. The Morgan fingerprint density at radius 3 is 2.33 bits per heavy atom. The molecule has 0 aliphatic carbocycles. The minimum Gasteiger partial charge on any atom is -0.494 e. The fraction of sp³-hybridized carbons (Fsp3) is 0.450. The summed E-state index contributed by atoms with van der Waals surface area (Å²) in [5.74, 6) is -1.44. The first kappa shape index (κ1) is 44.4. The van der Waals surface area contributed by atoms with Crippen LogP contribution in [-0.2, 0) is 17.8 Å². The number of anilines is 2. The molecule has 4 aromatic rings. The number of aryl methyl sites for hydroxylation is 2. The molecule has 4 amide bonds. The second-order valence-corrected chi connectivity index (χ2v) is 15.2. The Kier molecular flexibility index (Phi) is 14.3. The number of ether oxygens (including phenoxy) is 3. The first-order chi connectivity index (χ1) is 28.5. The van der Waals surface area contributed by atoms with Crippen LogP contribution in [0.25, 0.3) is 11.0 Å². The number of amides is 4. The molecule has 0 atom stereocenters. The predicted molar refractivity (Wildman–Crippen MR) is 224 cm³/mol. The maximum absolute atomic E-state index is 13.5. The fourth-order valence-electron chi connectivity index (χ4n) is 6.78. The van der Waals surface area contributed by atoms with E-state index in [1.54, 1.807) is 34.4 Å². The van der Waals surface area contributed by atoms with Crippen molar-refractivity contribution in [2.45, 2.75) is 78.6 Å². The van der Waals surface area contributed by atoms with Crippen molar-refractivity contribution >= 4 is 52.2 Å². The Bertz CT molecular complexity index is 2270. The number of fused-ring (bicyclic) bond motifs is 1. The molecule has 1 aliphatic rings. The Balaban J connectivity index is 1.28. The second-order valence-electron chi connectivity index (χ2n) is 15.2. The van der Waals surface area contributed by atoms with Crippen molar-refractivity contribution in [2.75, 3.05) is 50.5 Å². The molecule has 7 N–H and O–H groups in total. The molecule has 1 fully saturated rings. The van der Waals surface area contributed by atoms with E-state index in [4.69, 9.17) is 25.7 Å². The number of nitro benzene ring substituents is 1. The number of alkyl carbamates (subject to hydrolysis) is 1. The standard InChI is InChI=1S/C40H53N11O9/c1-7-50-30(19-24(2)47-50)37(54)46-38-45-28-20-25(35(41)52)23-32(58-6)34(28)49(38)15-9-8-13-43-33-29(51(56)57)21-26(36(42)53)22-31(33)59-18-10-14-48-16-11-27(12-17-48)44-39(55)60-40(3,4)5/h8-9,19-23,27,43H,7,10-18H2,1-6H3,(H2,41,52)(H2,42,53)(H,44,55)(H,45,46,54)/b9-8+. The normalized spacial score (nSPS) is 13.6. The van der Waals surface area contributed by atoms with Gasteiger partial charge in [0.15, 0.2) is 5.69 Å². The highest BCUT2D eigenvalue weighted by Gasteiger charge is 2.26. The van der Waals surface area contributed by atoms with Gasteiger partial charge in [0.2, 0.25) is 17.8 Å². The van der Waals surface area contributed by atoms with Crippen LogP contribution in [0.3, 0.4) is 0 Å². The highest BCUT2D eigenvalue weighted by atomic mass is 16.6. The number of nitrogens with zero attached hydrogens (tertiary/aromatic N) is 6. The molecule has 0 radical (unpaired) electrons. The van der Waals surface area contributed by atoms with Gasteiger partial charge in [0.05, 0.1) is 29.9 Å². The van der Waals surface area contributed by atoms with Crippen LogP contribution in [0.1, 0.15) is 83.9 Å². The first-order valence-corrected chi connectivity index (χ1v) is 19.6. The molecule has 3 heterocycles. The van der Waals surface area contributed by atoms with E-state index in [0.29, 0.717) is 47.7 Å². The number of primary amides is 2. The molecule has 20 heteroatoms. The molecule has 0 unspecified atom stereocenters. The van der Waals surface area contributed by atoms with E-state index in [1.807, 2.05) is 27.7 Å². The number of methoxy groups -OCH3 is 1. The monoisotopic (exact) mass is 831 g/mol. The number of allylic oxidation sites excluding steroid dienone is 1. The van der Waals surface area contributed by atoms with Crippen LogP contribution < -0.4 is 36.9 Å². The number of nitrogens with one attached hydrogen (secondary N) is 3. The molecular weight excluding hydrogens is 779 g/mol. The molecule has 60 heavy (non-hydrogen) atoms. The number of rotatable bonds is 18. The summed E-state index contributed by atoms with van der Waals surface area (Å²) in [5, 5.41) is 25.4. The lowest BCUT2D eigenvalue weighted by molar-refractivity contribution is -0.384. The van der Waals surface area contributed by atoms with Crippen LogP contribution in [0.15, 0.2) is 42.5 Å². The minimum atomic E-state index is -0.847. The number of imidazole rings is 1. The largest absolute Gasteiger partial charge is 0.494 e. The summed E-state index contributed by atoms with van der Waals surface area (Å²) in [6, 6.07) is 7.14. The van der Waals surface area contributed by atoms with Gasteiger partial charge < -0.3 is 45.8 Å². The number of piperidine rings is 1. The van der Waals surface area contributed by atoms with Gasteiger partial charge in [0.25, 0.3) is 11.6 Å². The van der Waals surface area contributed by atoms with Crippen molar-refractivity contribution in [3.05, 3.63) is 75.1 Å². The van der Waals surface area contributed by atoms with Crippen molar-refractivity contribution in [1.29, 1.82) is 0 Å². The van der Waals surface area contributed by atoms with Gasteiger partial charge in [-0.15, -0.1) is 0 Å². The molecule has 322 valence electrons. The summed E-state index contributed by atoms with van der Waals surface area (Å²) in [5.41, 5.74) is 12.1. The predicted octanol–water partition coefficient (Wildman–Crippen LogP) is 4.35. The number of carbonyl (C=O) groups excluding carboxylic acids is 4. The molecule has 5 rings (SSSR count). The van der Waals surface area contributed by atoms with Crippen LogP contribution >= 0.6 is 0 Å². The highest BCUT2D eigenvalue weighted by molar-refractivity contribution is 6.04. The van der Waals surface area contributed by atoms with Crippen LogP contribution in [0.5, 0.6) is 11.5 Å². The summed E-state index contributed by atoms with van der Waals surface area (Å²) in [4.78, 5) is 68.3. The maximum atomic E-state index is 13.5. The molecule has 2 aromatic carbocycles. The van der Waals surface area contributed by atoms with E-state index in [-0.39, 0.29) is 54.3 Å². The number of likely N-dealkylation sites (tertiary alicyclic amines) is 1. The molecule has 1 saturated heterocycles. The molecule has 0 spiro atoms. The summed E-state index contributed by atoms with van der Waals surface area (Å²) in [6.45, 7) is 12.2. The molecule has 0 saturated carbocycles. The smallest absolute Gasteiger partial charge is 0.407 e. The fourth-order valence-corrected chi connectivity index (χ4v) is 6.78. The second kappa shape index (κ2) is 19.4. The number of nitro groups is 1. The lowest BCUT2D eigenvalue weighted by Crippen LogP contribution is -2.46. The van der Waals surface area contributed by atoms with Crippen molar-refractivity contribution in [1.82, 2.24) is 29.5 Å². The average Bonchev–Trinajstić information content (AvgIpc) is 3.74. The molecule has 1 aliphatic heterocycles. The van der Waals surface area contributed by atoms with Crippen LogP contribution in [0.4, 0.5) is 22.1 Å². The van der Waals surface area contributed by atoms with Gasteiger partial charge in [-0.2, -0.15) is 5.10 Å². The van der Waals surface area contributed by atoms with Crippen molar-refractivity contribution in [2.24, 2.45) is 11.5 Å². The quantitative estimate of drug-likeness (QED) is 0.0405. The van der Waals surface area contributed by atoms with Crippen molar-refractivity contribution in [3.63, 3.8) is 0 Å². The maximum Gasteiger partial charge on any atom is 0.407 e. The third-order valence-electron chi connectivity index (χ3n) is 9.57. The summed E-state index contributed by atoms with van der Waals surface area (Å²) >= 11 is 0. The van der Waals surface area contributed by atoms with E-state index in [0.717, 1.165) is 32.0 Å². The minimum absolute atomic E-state index is 0.0140. The first-order valence-electron chi connectivity index (χ1n) is 19.6. The zero-order valence-electron chi connectivity index (χ0n) is 34.7. The van der Waals surface area contributed by atoms with Gasteiger partial charge in [-0.3, -0.25) is 34.5 Å². The van der Waals surface area contributed by atoms with Gasteiger partial charge in [0.1, 0.15) is 28.3 Å². The van der Waals surface area contributed by atoms with E-state index >= 15 is 0 Å². The third-order valence-corrected chi connectivity index (χ3v) is 9.57. The highest BCUT2D eigenvalue weighted by Crippen LogP contribution is 2.36. The van der Waals surface area contributed by atoms with E-state index in [1.165, 1.54) is 25.3 Å². The number of carbonyl (C=O) groups is 4. The zero-order chi connectivity index (χ0) is 43.7. The van der Waals surface area contributed by atoms with E-state index in [9.17, 15) is 29.3 Å². The zero-order valence-corrected chi connectivity index (χ0v) is 34.7. The topological polar surface area (TPSA) is 266 Å². The van der Waals surface area contributed by atoms with Gasteiger partial charge in [0, 0.05) is 62.5 Å². The Labute approximate surface area is 346 Å². The van der Waals surface area contributed by atoms with Crippen LogP contribution in [-0.4, -0.2) is 105 Å². The average molecular weight is 832 g/mol. The summed E-state index contributed by atoms with van der Waals surface area (Å²) < 4.78 is 20.3. The van der Waals surface area contributed by atoms with E-state index in [2.05, 4.69) is 30.9 Å². The molecular formula is C40H53N11O9. The van der Waals surface area contributed by atoms with Crippen LogP contribution in [0, 0.1) is 17.0 Å². The van der Waals surface area contributed by atoms with Gasteiger partial charge in [-0.25, -0.2) is 9.78 Å². The SMILES string of the molecule is CCn1nc(C)cc1C(=O)Nc1nc2cc(C(N)=O)cc(OC)c2n1C/C=C/CNc1c(OCCCN2CCC(NC(=O)OC(C)(C)C)CC2)cc(C(N)=O)cc1[N+](=O)[O-]. The van der Waals surface area contributed by atoms with Gasteiger partial charge in [-0.1, -0.05) is 12.2 Å². The number of benzene rings is 2. The van der Waals surface area contributed by atoms with Crippen molar-refractivity contribution in [3.8, 4) is 11.5 Å². The number of hydrogen-bond donors (Lipinski definition) is 5. The number of hydrogen-bond acceptors (Lipinski definition) is 13. The van der Waals surface area contributed by atoms with E-state index < -0.39 is 40.0 Å². The lowest BCUT2D eigenvalue weighted by atomic mass is 10.1. The lowest BCUT2D eigenvalue weighted by Gasteiger charge is -2.32. The summed E-state index contributed by atoms with van der Waals surface area (Å²) in [7, 11) is 1.43. The Hall–Kier alpha value is -6.70. The van der Waals surface area contributed by atoms with Gasteiger partial charge >= 0.3 is 6.09 Å². The molecule has 20 nitrogen and oxygen atoms in total. The summed E-state index contributed by atoms with van der Waals surface area (Å²) in [6.07, 6.45) is 5.14. The third kappa shape index (κ3) is 11.3. The number of aromatic nitrogens is 4. The Morgan fingerprint density at radius 2 is 1.70 bits per heavy atom. The van der Waals surface area contributed by atoms with Crippen LogP contribution in [0.2, 0.25) is 0 Å². The molecule has 2 aromatic heterocycles. The van der Waals surface area contributed by atoms with Crippen molar-refractivity contribution < 1.29 is 38.3 Å². The molecule has 0 bridgehead atoms.